The van der Waals surface area contributed by atoms with Gasteiger partial charge in [-0.25, -0.2) is 4.39 Å². The van der Waals surface area contributed by atoms with Gasteiger partial charge in [-0.1, -0.05) is 5.16 Å². The maximum Gasteiger partial charge on any atom is 0.301 e. The van der Waals surface area contributed by atoms with Crippen molar-refractivity contribution in [2.75, 3.05) is 12.4 Å². The number of oxime groups is 1. The Balaban J connectivity index is 2.54. The highest BCUT2D eigenvalue weighted by Crippen LogP contribution is 2.42. The second kappa shape index (κ2) is 8.04. The Hall–Kier alpha value is -1.24. The predicted molar refractivity (Wildman–Crippen MR) is 74.7 cm³/mol. The molecule has 0 saturated carbocycles. The molecule has 0 aliphatic carbocycles. The topological polar surface area (TPSA) is 34.0 Å². The molecule has 19 heavy (non-hydrogen) atoms. The largest absolute Gasteiger partial charge is 0.396 e. The summed E-state index contributed by atoms with van der Waals surface area (Å²) in [5.41, 5.74) is 2.59. The molecule has 1 unspecified atom stereocenters. The minimum absolute atomic E-state index is 0.251. The fraction of sp³-hybridized carbons (Fsp3) is 0.500. The first-order valence-electron chi connectivity index (χ1n) is 5.90. The van der Waals surface area contributed by atoms with E-state index in [1.165, 1.54) is 0 Å². The van der Waals surface area contributed by atoms with Gasteiger partial charge in [-0.2, -0.15) is 19.7 Å². The van der Waals surface area contributed by atoms with Crippen molar-refractivity contribution in [1.82, 2.24) is 0 Å². The number of allylic oxidation sites excluding steroid dienone is 3. The molecular formula is C12H17F3N2OS. The molecule has 1 atom stereocenters. The third-order valence-corrected chi connectivity index (χ3v) is 4.79. The van der Waals surface area contributed by atoms with Crippen LogP contribution in [0.5, 0.6) is 0 Å². The van der Waals surface area contributed by atoms with Crippen LogP contribution in [-0.2, 0) is 4.84 Å². The van der Waals surface area contributed by atoms with E-state index in [0.717, 1.165) is 10.6 Å². The molecule has 0 spiro atoms. The van der Waals surface area contributed by atoms with Crippen molar-refractivity contribution in [3.05, 3.63) is 22.5 Å². The van der Waals surface area contributed by atoms with Crippen molar-refractivity contribution < 1.29 is 18.0 Å². The summed E-state index contributed by atoms with van der Waals surface area (Å²) in [4.78, 5) is 10.0. The van der Waals surface area contributed by atoms with E-state index in [9.17, 15) is 13.2 Å². The first kappa shape index (κ1) is 15.8. The van der Waals surface area contributed by atoms with Crippen LogP contribution in [0.2, 0.25) is 0 Å². The lowest BCUT2D eigenvalue weighted by Crippen LogP contribution is -1.95. The van der Waals surface area contributed by atoms with Gasteiger partial charge >= 0.3 is 6.08 Å². The number of rotatable bonds is 7. The molecule has 3 nitrogen and oxygen atoms in total. The summed E-state index contributed by atoms with van der Waals surface area (Å²) in [6.45, 7) is 4.17. The van der Waals surface area contributed by atoms with Crippen molar-refractivity contribution in [1.29, 1.82) is 0 Å². The minimum Gasteiger partial charge on any atom is -0.396 e. The fourth-order valence-corrected chi connectivity index (χ4v) is 3.59. The lowest BCUT2D eigenvalue weighted by Gasteiger charge is -2.15. The van der Waals surface area contributed by atoms with Gasteiger partial charge in [0, 0.05) is 30.3 Å². The Morgan fingerprint density at radius 1 is 1.47 bits per heavy atom. The highest BCUT2D eigenvalue weighted by Gasteiger charge is 2.17. The second-order valence-corrected chi connectivity index (χ2v) is 5.95. The van der Waals surface area contributed by atoms with Crippen molar-refractivity contribution in [2.45, 2.75) is 26.7 Å². The van der Waals surface area contributed by atoms with Gasteiger partial charge in [0.25, 0.3) is 0 Å². The fourth-order valence-electron chi connectivity index (χ4n) is 1.53. The molecule has 1 aliphatic heterocycles. The first-order valence-corrected chi connectivity index (χ1v) is 7.49. The molecule has 0 saturated heterocycles. The number of hydrogen-bond acceptors (Lipinski definition) is 3. The monoisotopic (exact) mass is 294 g/mol. The Bertz CT molecular complexity index is 429. The van der Waals surface area contributed by atoms with Crippen LogP contribution in [0, 0.1) is 0 Å². The molecule has 0 amide bonds. The zero-order chi connectivity index (χ0) is 14.3. The van der Waals surface area contributed by atoms with Crippen LogP contribution < -0.4 is 0 Å². The first-order chi connectivity index (χ1) is 9.06. The second-order valence-electron chi connectivity index (χ2n) is 3.80. The highest BCUT2D eigenvalue weighted by atomic mass is 32.2. The molecule has 0 fully saturated rings. The van der Waals surface area contributed by atoms with Crippen LogP contribution >= 0.6 is 10.9 Å². The van der Waals surface area contributed by atoms with Crippen LogP contribution in [0.3, 0.4) is 0 Å². The zero-order valence-corrected chi connectivity index (χ0v) is 11.8. The van der Waals surface area contributed by atoms with E-state index in [0.29, 0.717) is 18.8 Å². The van der Waals surface area contributed by atoms with Crippen LogP contribution in [-0.4, -0.2) is 24.1 Å². The molecule has 0 aromatic carbocycles. The molecule has 0 radical (unpaired) electrons. The lowest BCUT2D eigenvalue weighted by molar-refractivity contribution is 0.160. The SMILES string of the molecule is CCO/N=C/CC1=C(C)N=C[SH]1CCC(F)=C(F)F. The van der Waals surface area contributed by atoms with Gasteiger partial charge in [0.15, 0.2) is 5.83 Å². The Morgan fingerprint density at radius 2 is 2.21 bits per heavy atom. The van der Waals surface area contributed by atoms with Crippen molar-refractivity contribution in [3.63, 3.8) is 0 Å². The molecular weight excluding hydrogens is 277 g/mol. The molecule has 0 aromatic heterocycles. The number of hydrogen-bond donors (Lipinski definition) is 1. The van der Waals surface area contributed by atoms with Crippen molar-refractivity contribution >= 4 is 22.7 Å². The molecule has 108 valence electrons. The summed E-state index contributed by atoms with van der Waals surface area (Å²) in [6, 6.07) is 0. The van der Waals surface area contributed by atoms with E-state index in [4.69, 9.17) is 4.84 Å². The summed E-state index contributed by atoms with van der Waals surface area (Å²) >= 11 is 0. The zero-order valence-electron chi connectivity index (χ0n) is 10.9. The quantitative estimate of drug-likeness (QED) is 0.427. The van der Waals surface area contributed by atoms with Crippen molar-refractivity contribution in [3.8, 4) is 0 Å². The maximum atomic E-state index is 12.8. The Kier molecular flexibility index (Phi) is 6.69. The minimum atomic E-state index is -2.23. The smallest absolute Gasteiger partial charge is 0.301 e. The third-order valence-electron chi connectivity index (χ3n) is 2.50. The summed E-state index contributed by atoms with van der Waals surface area (Å²) in [7, 11) is -0.792. The molecule has 0 aromatic rings. The summed E-state index contributed by atoms with van der Waals surface area (Å²) in [6.07, 6.45) is -0.305. The average molecular weight is 294 g/mol. The van der Waals surface area contributed by atoms with Gasteiger partial charge in [-0.3, -0.25) is 4.99 Å². The third kappa shape index (κ3) is 5.10. The Labute approximate surface area is 113 Å². The molecule has 1 aliphatic rings. The predicted octanol–water partition coefficient (Wildman–Crippen LogP) is 4.14. The molecule has 1 heterocycles. The summed E-state index contributed by atoms with van der Waals surface area (Å²) in [5, 5.41) is 3.74. The molecule has 0 N–H and O–H groups in total. The number of thiol groups is 1. The van der Waals surface area contributed by atoms with E-state index in [2.05, 4.69) is 10.1 Å². The van der Waals surface area contributed by atoms with Crippen LogP contribution in [0.25, 0.3) is 0 Å². The Morgan fingerprint density at radius 3 is 2.84 bits per heavy atom. The lowest BCUT2D eigenvalue weighted by atomic mass is 10.3. The van der Waals surface area contributed by atoms with Gasteiger partial charge in [0.2, 0.25) is 0 Å². The van der Waals surface area contributed by atoms with Gasteiger partial charge < -0.3 is 4.84 Å². The molecule has 1 rings (SSSR count). The number of halogens is 3. The maximum absolute atomic E-state index is 12.8. The van der Waals surface area contributed by atoms with E-state index < -0.39 is 22.8 Å². The van der Waals surface area contributed by atoms with Crippen molar-refractivity contribution in [2.24, 2.45) is 10.1 Å². The van der Waals surface area contributed by atoms with Gasteiger partial charge in [0.1, 0.15) is 6.61 Å². The standard InChI is InChI=1S/C12H17F3N2OS/c1-3-18-17-6-4-11-9(2)16-8-19(11)7-5-10(13)12(14)15/h6,8,19H,3-5,7H2,1-2H3/b17-6+. The molecule has 7 heteroatoms. The summed E-state index contributed by atoms with van der Waals surface area (Å²) < 4.78 is 36.8. The normalized spacial score (nSPS) is 20.4. The van der Waals surface area contributed by atoms with E-state index >= 15 is 0 Å². The average Bonchev–Trinajstić information content (AvgIpc) is 2.73. The number of nitrogens with zero attached hydrogens (tertiary/aromatic N) is 2. The van der Waals surface area contributed by atoms with E-state index in [-0.39, 0.29) is 6.42 Å². The van der Waals surface area contributed by atoms with Crippen LogP contribution in [0.1, 0.15) is 26.7 Å². The number of aliphatic imine (C=N–C) groups is 1. The van der Waals surface area contributed by atoms with E-state index in [1.807, 2.05) is 13.8 Å². The van der Waals surface area contributed by atoms with Gasteiger partial charge in [0.05, 0.1) is 0 Å². The van der Waals surface area contributed by atoms with Gasteiger partial charge in [-0.05, 0) is 24.5 Å². The van der Waals surface area contributed by atoms with Crippen LogP contribution in [0.4, 0.5) is 13.2 Å². The highest BCUT2D eigenvalue weighted by molar-refractivity contribution is 8.31. The van der Waals surface area contributed by atoms with Gasteiger partial charge in [-0.15, -0.1) is 0 Å². The summed E-state index contributed by atoms with van der Waals surface area (Å²) in [5.74, 6) is -0.986. The van der Waals surface area contributed by atoms with E-state index in [1.54, 1.807) is 11.8 Å². The van der Waals surface area contributed by atoms with Crippen LogP contribution in [0.15, 0.2) is 32.7 Å². The molecule has 0 bridgehead atoms.